The summed E-state index contributed by atoms with van der Waals surface area (Å²) in [6.45, 7) is 0. The third-order valence-electron chi connectivity index (χ3n) is 1.73. The van der Waals surface area contributed by atoms with Crippen LogP contribution in [-0.4, -0.2) is 63.9 Å². The molecule has 0 saturated heterocycles. The van der Waals surface area contributed by atoms with Gasteiger partial charge in [0.1, 0.15) is 12.7 Å². The minimum absolute atomic E-state index is 0. The second kappa shape index (κ2) is 6.06. The van der Waals surface area contributed by atoms with Crippen LogP contribution in [0.3, 0.4) is 0 Å². The number of hydrogen-bond donors (Lipinski definition) is 4. The van der Waals surface area contributed by atoms with E-state index >= 15 is 0 Å². The van der Waals surface area contributed by atoms with Gasteiger partial charge in [-0.3, -0.25) is 4.89 Å². The Hall–Kier alpha value is -0.550. The number of rotatable bonds is 4. The summed E-state index contributed by atoms with van der Waals surface area (Å²) in [7, 11) is -10.3. The van der Waals surface area contributed by atoms with Gasteiger partial charge >= 0.3 is 45.2 Å². The van der Waals surface area contributed by atoms with Crippen molar-refractivity contribution < 1.29 is 32.7 Å². The van der Waals surface area contributed by atoms with E-state index in [1.165, 1.54) is 0 Å². The van der Waals surface area contributed by atoms with Crippen molar-refractivity contribution in [3.05, 3.63) is 12.7 Å². The van der Waals surface area contributed by atoms with Crippen LogP contribution in [-0.2, 0) is 13.4 Å². The van der Waals surface area contributed by atoms with E-state index in [1.54, 1.807) is 0 Å². The van der Waals surface area contributed by atoms with Crippen LogP contribution >= 0.6 is 15.6 Å². The average Bonchev–Trinajstić information content (AvgIpc) is 2.58. The fraction of sp³-hybridized carbons (Fsp3) is 0. The van der Waals surface area contributed by atoms with Crippen molar-refractivity contribution in [3.8, 4) is 0 Å². The van der Waals surface area contributed by atoms with Crippen LogP contribution in [0, 0.1) is 0 Å². The van der Waals surface area contributed by atoms with E-state index in [0.29, 0.717) is 4.73 Å². The first kappa shape index (κ1) is 17.5. The van der Waals surface area contributed by atoms with E-state index in [0.717, 1.165) is 12.7 Å². The van der Waals surface area contributed by atoms with Crippen LogP contribution in [0.25, 0.3) is 11.2 Å². The third kappa shape index (κ3) is 4.22. The molecule has 0 aliphatic carbocycles. The summed E-state index contributed by atoms with van der Waals surface area (Å²) >= 11 is 0. The SMILES string of the molecule is Nc1ncnc2c1ncn2OP(=O)(O)OP(=O)(O)O.[NaH]. The Bertz CT molecular complexity index is 715. The van der Waals surface area contributed by atoms with Gasteiger partial charge in [0, 0.05) is 0 Å². The van der Waals surface area contributed by atoms with Crippen molar-refractivity contribution in [2.75, 3.05) is 5.73 Å². The summed E-state index contributed by atoms with van der Waals surface area (Å²) in [6.07, 6.45) is 1.97. The zero-order chi connectivity index (χ0) is 14.3. The molecule has 0 saturated carbocycles. The number of aromatic nitrogens is 4. The monoisotopic (exact) mass is 335 g/mol. The first-order valence-electron chi connectivity index (χ1n) is 4.41. The summed E-state index contributed by atoms with van der Waals surface area (Å²) in [5, 5.41) is 0. The average molecular weight is 335 g/mol. The van der Waals surface area contributed by atoms with E-state index in [4.69, 9.17) is 20.4 Å². The minimum atomic E-state index is -5.20. The molecule has 20 heavy (non-hydrogen) atoms. The number of nitrogens with two attached hydrogens (primary N) is 1. The molecule has 0 aromatic carbocycles. The number of fused-ring (bicyclic) bond motifs is 1. The zero-order valence-corrected chi connectivity index (χ0v) is 10.7. The normalized spacial score (nSPS) is 14.6. The van der Waals surface area contributed by atoms with Crippen LogP contribution in [0.15, 0.2) is 12.7 Å². The Morgan fingerprint density at radius 2 is 1.85 bits per heavy atom. The maximum atomic E-state index is 11.3. The van der Waals surface area contributed by atoms with E-state index < -0.39 is 15.6 Å². The van der Waals surface area contributed by atoms with Gasteiger partial charge in [-0.05, 0) is 0 Å². The first-order valence-corrected chi connectivity index (χ1v) is 7.44. The zero-order valence-electron chi connectivity index (χ0n) is 8.89. The molecule has 2 aromatic heterocycles. The molecule has 5 N–H and O–H groups in total. The van der Waals surface area contributed by atoms with Crippen molar-refractivity contribution in [2.24, 2.45) is 0 Å². The molecule has 0 radical (unpaired) electrons. The molecule has 1 unspecified atom stereocenters. The quantitative estimate of drug-likeness (QED) is 0.372. The molecule has 0 spiro atoms. The molecular weight excluding hydrogens is 327 g/mol. The molecule has 15 heteroatoms. The molecule has 1 atom stereocenters. The molecular formula is C5H8N5NaO7P2. The summed E-state index contributed by atoms with van der Waals surface area (Å²) in [6, 6.07) is 0. The standard InChI is InChI=1S/C5H7N5O7P2.Na.H/c6-4-3-5(8-1-7-4)10(2-9-3)16-19(14,15)17-18(11,12)13;;/h1-2H,(H,14,15)(H2,6,7,8)(H2,11,12,13);;. The fourth-order valence-electron chi connectivity index (χ4n) is 1.15. The number of hydrogen-bond acceptors (Lipinski definition) is 8. The molecule has 0 amide bonds. The van der Waals surface area contributed by atoms with Crippen LogP contribution in [0.5, 0.6) is 0 Å². The number of nitrogens with zero attached hydrogens (tertiary/aromatic N) is 4. The Morgan fingerprint density at radius 3 is 2.45 bits per heavy atom. The molecule has 2 rings (SSSR count). The number of nitrogen functional groups attached to an aromatic ring is 1. The summed E-state index contributed by atoms with van der Waals surface area (Å²) < 4.78 is 30.4. The Morgan fingerprint density at radius 1 is 1.20 bits per heavy atom. The van der Waals surface area contributed by atoms with Gasteiger partial charge in [-0.1, -0.05) is 0 Å². The van der Waals surface area contributed by atoms with Crippen LogP contribution in [0.1, 0.15) is 0 Å². The molecule has 2 aromatic rings. The van der Waals surface area contributed by atoms with Crippen molar-refractivity contribution in [2.45, 2.75) is 0 Å². The molecule has 0 aliphatic heterocycles. The van der Waals surface area contributed by atoms with E-state index in [9.17, 15) is 9.13 Å². The first-order chi connectivity index (χ1) is 8.68. The van der Waals surface area contributed by atoms with Gasteiger partial charge < -0.3 is 20.1 Å². The number of imidazole rings is 1. The van der Waals surface area contributed by atoms with Crippen molar-refractivity contribution in [3.63, 3.8) is 0 Å². The van der Waals surface area contributed by atoms with Crippen LogP contribution < -0.4 is 10.4 Å². The van der Waals surface area contributed by atoms with Crippen molar-refractivity contribution in [1.29, 1.82) is 0 Å². The molecule has 0 bridgehead atoms. The Balaban J connectivity index is 0.00000200. The second-order valence-electron chi connectivity index (χ2n) is 3.12. The van der Waals surface area contributed by atoms with Gasteiger partial charge in [-0.2, -0.15) is 4.31 Å². The van der Waals surface area contributed by atoms with Gasteiger partial charge in [-0.15, -0.1) is 4.73 Å². The van der Waals surface area contributed by atoms with E-state index in [2.05, 4.69) is 23.9 Å². The van der Waals surface area contributed by atoms with Crippen molar-refractivity contribution >= 4 is 62.2 Å². The van der Waals surface area contributed by atoms with Crippen LogP contribution in [0.2, 0.25) is 0 Å². The van der Waals surface area contributed by atoms with Crippen LogP contribution in [0.4, 0.5) is 5.82 Å². The molecule has 106 valence electrons. The molecule has 0 aliphatic rings. The summed E-state index contributed by atoms with van der Waals surface area (Å²) in [4.78, 5) is 37.1. The topological polar surface area (TPSA) is 183 Å². The Labute approximate surface area is 133 Å². The van der Waals surface area contributed by atoms with Gasteiger partial charge in [0.25, 0.3) is 0 Å². The van der Waals surface area contributed by atoms with Gasteiger partial charge in [0.05, 0.1) is 0 Å². The Kier molecular flexibility index (Phi) is 5.30. The number of phosphoric acid groups is 2. The molecule has 2 heterocycles. The summed E-state index contributed by atoms with van der Waals surface area (Å²) in [5.41, 5.74) is 5.47. The van der Waals surface area contributed by atoms with E-state index in [1.807, 2.05) is 0 Å². The maximum absolute atomic E-state index is 11.3. The summed E-state index contributed by atoms with van der Waals surface area (Å²) in [5.74, 6) is -0.00368. The predicted octanol–water partition coefficient (Wildman–Crippen LogP) is -1.60. The third-order valence-corrected chi connectivity index (χ3v) is 3.79. The van der Waals surface area contributed by atoms with Gasteiger partial charge in [0.2, 0.25) is 5.65 Å². The number of anilines is 1. The second-order valence-corrected chi connectivity index (χ2v) is 5.86. The molecule has 0 fully saturated rings. The fourth-order valence-corrected chi connectivity index (χ4v) is 2.69. The van der Waals surface area contributed by atoms with Gasteiger partial charge in [0.15, 0.2) is 11.3 Å². The van der Waals surface area contributed by atoms with E-state index in [-0.39, 0.29) is 46.5 Å². The van der Waals surface area contributed by atoms with Gasteiger partial charge in [-0.25, -0.2) is 24.1 Å². The molecule has 12 nitrogen and oxygen atoms in total. The van der Waals surface area contributed by atoms with Crippen molar-refractivity contribution in [1.82, 2.24) is 19.7 Å². The predicted molar refractivity (Wildman–Crippen MR) is 66.4 cm³/mol.